The zero-order valence-electron chi connectivity index (χ0n) is 18.9. The number of rotatable bonds is 8. The van der Waals surface area contributed by atoms with Crippen LogP contribution in [0.1, 0.15) is 37.3 Å². The molecule has 4 rings (SSSR count). The third-order valence-electron chi connectivity index (χ3n) is 6.51. The molecule has 2 atom stereocenters. The molecule has 0 saturated carbocycles. The smallest absolute Gasteiger partial charge is 0.269 e. The summed E-state index contributed by atoms with van der Waals surface area (Å²) in [6.45, 7) is 2.44. The van der Waals surface area contributed by atoms with Crippen LogP contribution in [0.15, 0.2) is 54.6 Å². The number of hydrogen-bond acceptors (Lipinski definition) is 6. The Morgan fingerprint density at radius 2 is 1.94 bits per heavy atom. The van der Waals surface area contributed by atoms with E-state index in [-0.39, 0.29) is 30.3 Å². The molecule has 0 aliphatic carbocycles. The lowest BCUT2D eigenvalue weighted by molar-refractivity contribution is -0.385. The zero-order valence-corrected chi connectivity index (χ0v) is 18.9. The summed E-state index contributed by atoms with van der Waals surface area (Å²) in [4.78, 5) is 39.5. The SMILES string of the molecule is C[C@@H](/C=C/CCO)[C@]1(O)C(=O)N(Cc2ccc(N3CCCC3=O)cc2)c2ccc([N+](=O)[O-])cc21. The van der Waals surface area contributed by atoms with Gasteiger partial charge in [0.2, 0.25) is 5.91 Å². The van der Waals surface area contributed by atoms with Gasteiger partial charge in [-0.1, -0.05) is 31.2 Å². The Hall–Kier alpha value is -3.56. The minimum Gasteiger partial charge on any atom is -0.396 e. The van der Waals surface area contributed by atoms with Gasteiger partial charge >= 0.3 is 0 Å². The first kappa shape index (κ1) is 23.6. The molecular formula is C25H27N3O6. The Labute approximate surface area is 197 Å². The molecule has 9 heteroatoms. The number of nitro benzene ring substituents is 1. The minimum atomic E-state index is -1.98. The second-order valence-corrected chi connectivity index (χ2v) is 8.66. The molecule has 2 aliphatic rings. The summed E-state index contributed by atoms with van der Waals surface area (Å²) in [5.74, 6) is -1.16. The van der Waals surface area contributed by atoms with E-state index in [0.717, 1.165) is 17.7 Å². The van der Waals surface area contributed by atoms with Gasteiger partial charge in [0.1, 0.15) is 0 Å². The van der Waals surface area contributed by atoms with Gasteiger partial charge in [-0.25, -0.2) is 0 Å². The number of carbonyl (C=O) groups is 2. The van der Waals surface area contributed by atoms with Gasteiger partial charge in [-0.2, -0.15) is 0 Å². The van der Waals surface area contributed by atoms with Crippen LogP contribution in [0.5, 0.6) is 0 Å². The number of fused-ring (bicyclic) bond motifs is 1. The van der Waals surface area contributed by atoms with Crippen LogP contribution in [-0.2, 0) is 21.7 Å². The van der Waals surface area contributed by atoms with Crippen molar-refractivity contribution in [1.29, 1.82) is 0 Å². The topological polar surface area (TPSA) is 124 Å². The standard InChI is InChI=1S/C25H27N3O6/c1-17(5-2-3-14-29)25(32)21-15-20(28(33)34)11-12-22(21)27(24(25)31)16-18-7-9-19(10-8-18)26-13-4-6-23(26)30/h2,5,7-12,15,17,29,32H,3-4,6,13-14,16H2,1H3/b5-2+/t17-,25+/m0/s1. The largest absolute Gasteiger partial charge is 0.396 e. The molecule has 1 fully saturated rings. The third kappa shape index (κ3) is 4.08. The second-order valence-electron chi connectivity index (χ2n) is 8.66. The summed E-state index contributed by atoms with van der Waals surface area (Å²) in [6, 6.07) is 11.4. The Kier molecular flexibility index (Phi) is 6.49. The number of amides is 2. The molecule has 2 aromatic carbocycles. The molecule has 2 N–H and O–H groups in total. The van der Waals surface area contributed by atoms with Gasteiger partial charge in [0.25, 0.3) is 11.6 Å². The molecular weight excluding hydrogens is 438 g/mol. The van der Waals surface area contributed by atoms with E-state index in [1.807, 2.05) is 24.3 Å². The highest BCUT2D eigenvalue weighted by Gasteiger charge is 2.53. The van der Waals surface area contributed by atoms with E-state index in [0.29, 0.717) is 25.1 Å². The molecule has 178 valence electrons. The van der Waals surface area contributed by atoms with Gasteiger partial charge in [-0.15, -0.1) is 0 Å². The van der Waals surface area contributed by atoms with Crippen LogP contribution in [0, 0.1) is 16.0 Å². The van der Waals surface area contributed by atoms with Crippen molar-refractivity contribution in [2.24, 2.45) is 5.92 Å². The van der Waals surface area contributed by atoms with Gasteiger partial charge in [0, 0.05) is 48.9 Å². The average Bonchev–Trinajstić information content (AvgIpc) is 3.35. The van der Waals surface area contributed by atoms with E-state index in [1.165, 1.54) is 23.1 Å². The van der Waals surface area contributed by atoms with Gasteiger partial charge in [-0.05, 0) is 36.6 Å². The fourth-order valence-corrected chi connectivity index (χ4v) is 4.60. The summed E-state index contributed by atoms with van der Waals surface area (Å²) in [5, 5.41) is 32.0. The lowest BCUT2D eigenvalue weighted by Crippen LogP contribution is -2.44. The Morgan fingerprint density at radius 3 is 2.56 bits per heavy atom. The summed E-state index contributed by atoms with van der Waals surface area (Å²) in [7, 11) is 0. The monoisotopic (exact) mass is 465 g/mol. The molecule has 2 aliphatic heterocycles. The predicted molar refractivity (Wildman–Crippen MR) is 126 cm³/mol. The highest BCUT2D eigenvalue weighted by molar-refractivity contribution is 6.07. The first-order chi connectivity index (χ1) is 16.3. The van der Waals surface area contributed by atoms with Crippen LogP contribution in [0.25, 0.3) is 0 Å². The van der Waals surface area contributed by atoms with Crippen molar-refractivity contribution in [3.8, 4) is 0 Å². The van der Waals surface area contributed by atoms with E-state index in [9.17, 15) is 24.8 Å². The summed E-state index contributed by atoms with van der Waals surface area (Å²) in [5.41, 5.74) is 0.00857. The predicted octanol–water partition coefficient (Wildman–Crippen LogP) is 3.03. The molecule has 9 nitrogen and oxygen atoms in total. The van der Waals surface area contributed by atoms with Crippen molar-refractivity contribution in [2.75, 3.05) is 23.0 Å². The fraction of sp³-hybridized carbons (Fsp3) is 0.360. The number of aliphatic hydroxyl groups is 2. The molecule has 2 aromatic rings. The molecule has 0 radical (unpaired) electrons. The lowest BCUT2D eigenvalue weighted by atomic mass is 9.82. The van der Waals surface area contributed by atoms with Crippen molar-refractivity contribution in [2.45, 2.75) is 38.3 Å². The number of nitrogens with zero attached hydrogens (tertiary/aromatic N) is 3. The molecule has 1 saturated heterocycles. The highest BCUT2D eigenvalue weighted by Crippen LogP contribution is 2.47. The summed E-state index contributed by atoms with van der Waals surface area (Å²) < 4.78 is 0. The van der Waals surface area contributed by atoms with Crippen LogP contribution in [0.3, 0.4) is 0 Å². The molecule has 0 spiro atoms. The number of non-ortho nitro benzene ring substituents is 1. The molecule has 2 amide bonds. The average molecular weight is 466 g/mol. The van der Waals surface area contributed by atoms with Crippen LogP contribution in [0.2, 0.25) is 0 Å². The molecule has 2 heterocycles. The quantitative estimate of drug-likeness (QED) is 0.351. The van der Waals surface area contributed by atoms with Crippen molar-refractivity contribution in [3.05, 3.63) is 75.9 Å². The van der Waals surface area contributed by atoms with Gasteiger partial charge in [-0.3, -0.25) is 19.7 Å². The Bertz CT molecular complexity index is 1150. The van der Waals surface area contributed by atoms with Crippen molar-refractivity contribution >= 4 is 28.9 Å². The number of hydrogen-bond donors (Lipinski definition) is 2. The van der Waals surface area contributed by atoms with Crippen molar-refractivity contribution in [1.82, 2.24) is 0 Å². The fourth-order valence-electron chi connectivity index (χ4n) is 4.60. The highest BCUT2D eigenvalue weighted by atomic mass is 16.6. The van der Waals surface area contributed by atoms with Gasteiger partial charge < -0.3 is 20.0 Å². The van der Waals surface area contributed by atoms with Crippen LogP contribution in [0.4, 0.5) is 17.1 Å². The Morgan fingerprint density at radius 1 is 1.21 bits per heavy atom. The minimum absolute atomic E-state index is 0.0667. The van der Waals surface area contributed by atoms with E-state index in [2.05, 4.69) is 0 Å². The van der Waals surface area contributed by atoms with Crippen LogP contribution >= 0.6 is 0 Å². The maximum absolute atomic E-state index is 13.5. The number of carbonyl (C=O) groups excluding carboxylic acids is 2. The molecule has 34 heavy (non-hydrogen) atoms. The lowest BCUT2D eigenvalue weighted by Gasteiger charge is -2.27. The van der Waals surface area contributed by atoms with Crippen molar-refractivity contribution < 1.29 is 24.7 Å². The van der Waals surface area contributed by atoms with E-state index in [4.69, 9.17) is 5.11 Å². The first-order valence-electron chi connectivity index (χ1n) is 11.3. The van der Waals surface area contributed by atoms with Crippen molar-refractivity contribution in [3.63, 3.8) is 0 Å². The second kappa shape index (κ2) is 9.36. The van der Waals surface area contributed by atoms with Crippen LogP contribution in [-0.4, -0.2) is 40.1 Å². The zero-order chi connectivity index (χ0) is 24.5. The third-order valence-corrected chi connectivity index (χ3v) is 6.51. The van der Waals surface area contributed by atoms with Gasteiger partial charge in [0.05, 0.1) is 17.2 Å². The van der Waals surface area contributed by atoms with Crippen LogP contribution < -0.4 is 9.80 Å². The Balaban J connectivity index is 1.66. The van der Waals surface area contributed by atoms with E-state index in [1.54, 1.807) is 24.0 Å². The summed E-state index contributed by atoms with van der Waals surface area (Å²) in [6.07, 6.45) is 5.05. The maximum Gasteiger partial charge on any atom is 0.269 e. The maximum atomic E-state index is 13.5. The van der Waals surface area contributed by atoms with E-state index < -0.39 is 22.3 Å². The first-order valence-corrected chi connectivity index (χ1v) is 11.3. The number of benzene rings is 2. The molecule has 0 bridgehead atoms. The number of anilines is 2. The number of nitro groups is 1. The van der Waals surface area contributed by atoms with Gasteiger partial charge in [0.15, 0.2) is 5.60 Å². The van der Waals surface area contributed by atoms with E-state index >= 15 is 0 Å². The molecule has 0 aromatic heterocycles. The normalized spacial score (nSPS) is 20.9. The molecule has 0 unspecified atom stereocenters. The number of aliphatic hydroxyl groups excluding tert-OH is 1. The summed E-state index contributed by atoms with van der Waals surface area (Å²) >= 11 is 0.